The van der Waals surface area contributed by atoms with Gasteiger partial charge in [-0.25, -0.2) is 13.2 Å². The van der Waals surface area contributed by atoms with E-state index in [0.29, 0.717) is 44.8 Å². The summed E-state index contributed by atoms with van der Waals surface area (Å²) in [5, 5.41) is 36.8. The summed E-state index contributed by atoms with van der Waals surface area (Å²) in [6, 6.07) is 4.58. The predicted octanol–water partition coefficient (Wildman–Crippen LogP) is 3.55. The number of pyridine rings is 1. The van der Waals surface area contributed by atoms with E-state index in [0.717, 1.165) is 37.8 Å². The number of anilines is 1. The van der Waals surface area contributed by atoms with Crippen molar-refractivity contribution in [3.8, 4) is 23.0 Å². The lowest BCUT2D eigenvalue weighted by Gasteiger charge is -2.41. The summed E-state index contributed by atoms with van der Waals surface area (Å²) in [4.78, 5) is 17.2. The van der Waals surface area contributed by atoms with Crippen LogP contribution in [0.3, 0.4) is 0 Å². The number of phenols is 1. The maximum absolute atomic E-state index is 16.6. The topological polar surface area (TPSA) is 127 Å². The number of ether oxygens (including phenoxy) is 1. The Balaban J connectivity index is 1.31. The number of fused-ring (bicyclic) bond motifs is 5. The number of aromatic nitrogens is 3. The monoisotopic (exact) mass is 608 g/mol. The second-order valence-electron chi connectivity index (χ2n) is 12.4. The van der Waals surface area contributed by atoms with Crippen LogP contribution < -0.4 is 15.0 Å². The van der Waals surface area contributed by atoms with Crippen molar-refractivity contribution in [2.75, 3.05) is 31.1 Å². The van der Waals surface area contributed by atoms with Gasteiger partial charge in [-0.2, -0.15) is 9.97 Å². The first-order valence-corrected chi connectivity index (χ1v) is 15.0. The van der Waals surface area contributed by atoms with Crippen molar-refractivity contribution in [3.05, 3.63) is 47.9 Å². The van der Waals surface area contributed by atoms with E-state index < -0.39 is 35.0 Å². The fraction of sp³-hybridized carbons (Fsp3) is 0.452. The Morgan fingerprint density at radius 1 is 0.977 bits per heavy atom. The summed E-state index contributed by atoms with van der Waals surface area (Å²) in [5.41, 5.74) is -1.81. The number of aliphatic hydroxyl groups is 2. The third kappa shape index (κ3) is 4.13. The zero-order valence-corrected chi connectivity index (χ0v) is 23.7. The molecule has 4 aliphatic rings. The highest BCUT2D eigenvalue weighted by Gasteiger charge is 2.60. The minimum absolute atomic E-state index is 0.158. The van der Waals surface area contributed by atoms with E-state index in [1.165, 1.54) is 18.3 Å². The molecule has 4 fully saturated rings. The number of halogens is 3. The number of piperazine rings is 1. The van der Waals surface area contributed by atoms with Crippen molar-refractivity contribution < 1.29 is 33.2 Å². The molecular weight excluding hydrogens is 577 g/mol. The summed E-state index contributed by atoms with van der Waals surface area (Å²) in [6.07, 6.45) is 5.89. The van der Waals surface area contributed by atoms with Gasteiger partial charge in [0.15, 0.2) is 17.5 Å². The molecule has 13 heteroatoms. The molecule has 2 unspecified atom stereocenters. The van der Waals surface area contributed by atoms with Crippen LogP contribution in [0.4, 0.5) is 19.0 Å². The Morgan fingerprint density at radius 3 is 2.43 bits per heavy atom. The van der Waals surface area contributed by atoms with Crippen molar-refractivity contribution in [2.24, 2.45) is 0 Å². The van der Waals surface area contributed by atoms with Crippen molar-refractivity contribution in [2.45, 2.75) is 62.1 Å². The Bertz CT molecular complexity index is 1800. The molecule has 4 N–H and O–H groups in total. The van der Waals surface area contributed by atoms with Gasteiger partial charge in [0.2, 0.25) is 0 Å². The fourth-order valence-electron chi connectivity index (χ4n) is 7.89. The van der Waals surface area contributed by atoms with Gasteiger partial charge in [-0.1, -0.05) is 6.07 Å². The number of phenolic OH excluding ortho intramolecular Hbond substituents is 1. The summed E-state index contributed by atoms with van der Waals surface area (Å²) in [6.45, 7) is 2.57. The van der Waals surface area contributed by atoms with E-state index in [2.05, 4.69) is 20.3 Å². The Labute approximate surface area is 250 Å². The number of nitrogens with one attached hydrogen (secondary N) is 1. The summed E-state index contributed by atoms with van der Waals surface area (Å²) >= 11 is 0. The molecule has 2 bridgehead atoms. The number of aromatic hydroxyl groups is 1. The van der Waals surface area contributed by atoms with Crippen molar-refractivity contribution >= 4 is 27.5 Å². The van der Waals surface area contributed by atoms with Gasteiger partial charge < -0.3 is 30.3 Å². The van der Waals surface area contributed by atoms with Crippen LogP contribution in [0.2, 0.25) is 0 Å². The van der Waals surface area contributed by atoms with Crippen molar-refractivity contribution in [3.63, 3.8) is 0 Å². The van der Waals surface area contributed by atoms with Gasteiger partial charge in [-0.15, -0.1) is 0 Å². The molecule has 6 heterocycles. The SMILES string of the molecule is Oc1cc(-c2ncc3c(N4CC5CCC(C4)N5)nc(OC(O)(O)C45CCCN4CCC5)nc3c2F)c2c(F)c(F)ccc2c1. The highest BCUT2D eigenvalue weighted by molar-refractivity contribution is 6.00. The van der Waals surface area contributed by atoms with Crippen LogP contribution in [0.1, 0.15) is 38.5 Å². The normalized spacial score (nSPS) is 23.2. The van der Waals surface area contributed by atoms with E-state index in [1.54, 1.807) is 0 Å². The molecule has 44 heavy (non-hydrogen) atoms. The molecule has 4 saturated heterocycles. The lowest BCUT2D eigenvalue weighted by molar-refractivity contribution is -0.349. The molecule has 4 aliphatic heterocycles. The van der Waals surface area contributed by atoms with Crippen LogP contribution in [0, 0.1) is 17.5 Å². The molecule has 8 rings (SSSR count). The second-order valence-corrected chi connectivity index (χ2v) is 12.4. The van der Waals surface area contributed by atoms with E-state index >= 15 is 8.78 Å². The highest BCUT2D eigenvalue weighted by atomic mass is 19.2. The Morgan fingerprint density at radius 2 is 1.70 bits per heavy atom. The first-order valence-electron chi connectivity index (χ1n) is 15.0. The van der Waals surface area contributed by atoms with Crippen LogP contribution in [0.15, 0.2) is 30.5 Å². The lowest BCUT2D eigenvalue weighted by atomic mass is 9.91. The van der Waals surface area contributed by atoms with Crippen LogP contribution >= 0.6 is 0 Å². The third-order valence-corrected chi connectivity index (χ3v) is 9.89. The average Bonchev–Trinajstić information content (AvgIpc) is 3.69. The van der Waals surface area contributed by atoms with E-state index in [9.17, 15) is 19.7 Å². The predicted molar refractivity (Wildman–Crippen MR) is 155 cm³/mol. The molecule has 2 aromatic carbocycles. The van der Waals surface area contributed by atoms with Crippen LogP contribution in [-0.2, 0) is 0 Å². The van der Waals surface area contributed by atoms with Gasteiger partial charge in [0.1, 0.15) is 28.3 Å². The largest absolute Gasteiger partial charge is 0.508 e. The smallest absolute Gasteiger partial charge is 0.343 e. The van der Waals surface area contributed by atoms with Crippen molar-refractivity contribution in [1.82, 2.24) is 25.2 Å². The van der Waals surface area contributed by atoms with Gasteiger partial charge >= 0.3 is 12.0 Å². The molecular formula is C31H31F3N6O4. The molecule has 0 spiro atoms. The molecule has 4 aromatic rings. The van der Waals surface area contributed by atoms with E-state index in [4.69, 9.17) is 4.74 Å². The Kier molecular flexibility index (Phi) is 6.22. The number of benzene rings is 2. The maximum Gasteiger partial charge on any atom is 0.343 e. The van der Waals surface area contributed by atoms with Gasteiger partial charge in [0, 0.05) is 42.3 Å². The fourth-order valence-corrected chi connectivity index (χ4v) is 7.89. The lowest BCUT2D eigenvalue weighted by Crippen LogP contribution is -2.62. The summed E-state index contributed by atoms with van der Waals surface area (Å²) in [5.74, 6) is -5.93. The third-order valence-electron chi connectivity index (χ3n) is 9.89. The summed E-state index contributed by atoms with van der Waals surface area (Å²) < 4.78 is 51.8. The summed E-state index contributed by atoms with van der Waals surface area (Å²) in [7, 11) is 0. The number of hydrogen-bond donors (Lipinski definition) is 4. The standard InChI is InChI=1S/C31H31F3N6O4/c32-22-6-3-16-11-19(41)12-20(23(16)24(22)33)26-25(34)27-21(13-35-26)28(39-14-17-4-5-18(15-39)36-17)38-29(37-27)44-31(42,43)30-7-1-9-40(30)10-2-8-30/h3,6,11-13,17-18,36,41-43H,1-2,4-5,7-10,14-15H2. The minimum Gasteiger partial charge on any atom is -0.508 e. The van der Waals surface area contributed by atoms with Gasteiger partial charge in [-0.3, -0.25) is 9.88 Å². The maximum atomic E-state index is 16.6. The average molecular weight is 609 g/mol. The number of hydrogen-bond acceptors (Lipinski definition) is 10. The molecule has 2 atom stereocenters. The molecule has 0 aliphatic carbocycles. The van der Waals surface area contributed by atoms with E-state index in [-0.39, 0.29) is 50.8 Å². The first-order chi connectivity index (χ1) is 21.1. The first kappa shape index (κ1) is 27.7. The minimum atomic E-state index is -2.65. The van der Waals surface area contributed by atoms with Crippen LogP contribution in [0.5, 0.6) is 11.8 Å². The molecule has 0 amide bonds. The number of nitrogens with zero attached hydrogens (tertiary/aromatic N) is 5. The zero-order chi connectivity index (χ0) is 30.4. The van der Waals surface area contributed by atoms with Crippen LogP contribution in [0.25, 0.3) is 32.9 Å². The second kappa shape index (κ2) is 9.86. The Hall–Kier alpha value is -3.78. The van der Waals surface area contributed by atoms with Crippen LogP contribution in [-0.4, -0.2) is 84.9 Å². The van der Waals surface area contributed by atoms with Gasteiger partial charge in [0.25, 0.3) is 0 Å². The molecule has 0 radical (unpaired) electrons. The zero-order valence-electron chi connectivity index (χ0n) is 23.7. The van der Waals surface area contributed by atoms with Crippen molar-refractivity contribution in [1.29, 1.82) is 0 Å². The quantitative estimate of drug-likeness (QED) is 0.250. The highest BCUT2D eigenvalue weighted by Crippen LogP contribution is 2.46. The molecule has 10 nitrogen and oxygen atoms in total. The number of rotatable bonds is 5. The van der Waals surface area contributed by atoms with E-state index in [1.807, 2.05) is 9.80 Å². The van der Waals surface area contributed by atoms with Gasteiger partial charge in [-0.05, 0) is 75.2 Å². The van der Waals surface area contributed by atoms with Gasteiger partial charge in [0.05, 0.1) is 5.39 Å². The molecule has 2 aromatic heterocycles. The molecule has 0 saturated carbocycles. The molecule has 230 valence electrons.